The second-order valence-corrected chi connectivity index (χ2v) is 5.01. The molecule has 0 saturated carbocycles. The minimum Gasteiger partial charge on any atom is -0.301 e. The van der Waals surface area contributed by atoms with E-state index in [9.17, 15) is 0 Å². The summed E-state index contributed by atoms with van der Waals surface area (Å²) in [5, 5.41) is 3.49. The zero-order valence-corrected chi connectivity index (χ0v) is 10.3. The molecule has 1 heteroatoms. The van der Waals surface area contributed by atoms with Crippen molar-refractivity contribution in [1.29, 1.82) is 0 Å². The Labute approximate surface area is 89.7 Å². The fourth-order valence-electron chi connectivity index (χ4n) is 1.77. The van der Waals surface area contributed by atoms with E-state index in [-0.39, 0.29) is 6.04 Å². The van der Waals surface area contributed by atoms with Crippen LogP contribution in [0, 0.1) is 24.2 Å². The molecule has 0 rings (SSSR count). The molecule has 0 aromatic rings. The fourth-order valence-corrected chi connectivity index (χ4v) is 1.77. The van der Waals surface area contributed by atoms with Crippen LogP contribution in [-0.2, 0) is 0 Å². The van der Waals surface area contributed by atoms with Crippen molar-refractivity contribution in [3.05, 3.63) is 0 Å². The zero-order chi connectivity index (χ0) is 11.1. The van der Waals surface area contributed by atoms with Crippen LogP contribution in [0.2, 0.25) is 0 Å². The van der Waals surface area contributed by atoms with Crippen LogP contribution in [0.5, 0.6) is 0 Å². The number of nitrogens with one attached hydrogen (secondary N) is 1. The third-order valence-corrected chi connectivity index (χ3v) is 2.25. The van der Waals surface area contributed by atoms with Gasteiger partial charge in [0.25, 0.3) is 0 Å². The average Bonchev–Trinajstić information content (AvgIpc) is 2.01. The molecule has 1 N–H and O–H groups in total. The van der Waals surface area contributed by atoms with E-state index in [1.807, 2.05) is 6.92 Å². The first-order chi connectivity index (χ1) is 6.45. The van der Waals surface area contributed by atoms with Crippen molar-refractivity contribution >= 4 is 0 Å². The monoisotopic (exact) mass is 195 g/mol. The molecule has 1 nitrogen and oxygen atoms in total. The summed E-state index contributed by atoms with van der Waals surface area (Å²) in [7, 11) is 0. The van der Waals surface area contributed by atoms with E-state index in [1.165, 1.54) is 12.8 Å². The quantitative estimate of drug-likeness (QED) is 0.642. The molecule has 0 aliphatic heterocycles. The number of hydrogen-bond acceptors (Lipinski definition) is 1. The third-order valence-electron chi connectivity index (χ3n) is 2.25. The Balaban J connectivity index is 4.04. The van der Waals surface area contributed by atoms with Gasteiger partial charge in [-0.1, -0.05) is 33.6 Å². The average molecular weight is 195 g/mol. The lowest BCUT2D eigenvalue weighted by molar-refractivity contribution is 0.351. The summed E-state index contributed by atoms with van der Waals surface area (Å²) in [6.07, 6.45) is 7.79. The van der Waals surface area contributed by atoms with Crippen molar-refractivity contribution in [2.45, 2.75) is 59.5 Å². The van der Waals surface area contributed by atoms with Crippen molar-refractivity contribution in [2.75, 3.05) is 0 Å². The minimum absolute atomic E-state index is 0.192. The molecule has 0 radical (unpaired) electrons. The van der Waals surface area contributed by atoms with Crippen molar-refractivity contribution in [3.63, 3.8) is 0 Å². The van der Waals surface area contributed by atoms with Gasteiger partial charge in [-0.15, -0.1) is 6.42 Å². The van der Waals surface area contributed by atoms with Crippen LogP contribution in [0.25, 0.3) is 0 Å². The normalized spacial score (nSPS) is 13.6. The Hall–Kier alpha value is -0.480. The van der Waals surface area contributed by atoms with Gasteiger partial charge < -0.3 is 5.32 Å². The molecule has 0 amide bonds. The molecular formula is C13H25N. The van der Waals surface area contributed by atoms with Crippen LogP contribution in [0.3, 0.4) is 0 Å². The number of hydrogen-bond donors (Lipinski definition) is 1. The summed E-state index contributed by atoms with van der Waals surface area (Å²) in [4.78, 5) is 0. The molecule has 0 aromatic carbocycles. The minimum atomic E-state index is 0.192. The van der Waals surface area contributed by atoms with E-state index in [2.05, 4.69) is 38.9 Å². The molecule has 0 saturated heterocycles. The predicted molar refractivity (Wildman–Crippen MR) is 64.1 cm³/mol. The van der Waals surface area contributed by atoms with Crippen LogP contribution in [-0.4, -0.2) is 12.1 Å². The Bertz CT molecular complexity index is 166. The van der Waals surface area contributed by atoms with Gasteiger partial charge >= 0.3 is 0 Å². The van der Waals surface area contributed by atoms with E-state index < -0.39 is 0 Å². The van der Waals surface area contributed by atoms with Gasteiger partial charge in [-0.2, -0.15) is 0 Å². The van der Waals surface area contributed by atoms with Crippen LogP contribution in [0.4, 0.5) is 0 Å². The second-order valence-electron chi connectivity index (χ2n) is 5.01. The maximum absolute atomic E-state index is 5.37. The highest BCUT2D eigenvalue weighted by Gasteiger charge is 2.13. The summed E-state index contributed by atoms with van der Waals surface area (Å²) in [6, 6.07) is 0.763. The summed E-state index contributed by atoms with van der Waals surface area (Å²) < 4.78 is 0. The molecule has 0 fully saturated rings. The third kappa shape index (κ3) is 6.97. The van der Waals surface area contributed by atoms with E-state index in [4.69, 9.17) is 6.42 Å². The Morgan fingerprint density at radius 2 is 1.43 bits per heavy atom. The molecule has 14 heavy (non-hydrogen) atoms. The SMILES string of the molecule is C#CC(C)NC(CC(C)C)CC(C)C. The molecular weight excluding hydrogens is 170 g/mol. The van der Waals surface area contributed by atoms with Crippen LogP contribution in [0.15, 0.2) is 0 Å². The van der Waals surface area contributed by atoms with Crippen molar-refractivity contribution in [2.24, 2.45) is 11.8 Å². The van der Waals surface area contributed by atoms with Crippen molar-refractivity contribution < 1.29 is 0 Å². The number of terminal acetylenes is 1. The van der Waals surface area contributed by atoms with Gasteiger partial charge in [0, 0.05) is 6.04 Å². The highest BCUT2D eigenvalue weighted by atomic mass is 14.9. The predicted octanol–water partition coefficient (Wildman–Crippen LogP) is 3.06. The van der Waals surface area contributed by atoms with E-state index in [0.717, 1.165) is 11.8 Å². The Kier molecular flexibility index (Phi) is 6.66. The molecule has 0 heterocycles. The van der Waals surface area contributed by atoms with Gasteiger partial charge in [0.1, 0.15) is 0 Å². The van der Waals surface area contributed by atoms with Gasteiger partial charge in [-0.05, 0) is 31.6 Å². The molecule has 0 aromatic heterocycles. The largest absolute Gasteiger partial charge is 0.301 e. The second kappa shape index (κ2) is 6.90. The first kappa shape index (κ1) is 13.5. The van der Waals surface area contributed by atoms with Gasteiger partial charge in [0.15, 0.2) is 0 Å². The van der Waals surface area contributed by atoms with Gasteiger partial charge in [0.2, 0.25) is 0 Å². The molecule has 0 aliphatic carbocycles. The highest BCUT2D eigenvalue weighted by molar-refractivity contribution is 4.97. The maximum atomic E-state index is 5.37. The zero-order valence-electron chi connectivity index (χ0n) is 10.3. The first-order valence-electron chi connectivity index (χ1n) is 5.67. The lowest BCUT2D eigenvalue weighted by Crippen LogP contribution is -2.37. The van der Waals surface area contributed by atoms with Crippen molar-refractivity contribution in [1.82, 2.24) is 5.32 Å². The molecule has 0 spiro atoms. The van der Waals surface area contributed by atoms with Crippen molar-refractivity contribution in [3.8, 4) is 12.3 Å². The van der Waals surface area contributed by atoms with E-state index >= 15 is 0 Å². The van der Waals surface area contributed by atoms with Crippen LogP contribution >= 0.6 is 0 Å². The topological polar surface area (TPSA) is 12.0 Å². The van der Waals surface area contributed by atoms with Gasteiger partial charge in [0.05, 0.1) is 6.04 Å². The first-order valence-corrected chi connectivity index (χ1v) is 5.67. The lowest BCUT2D eigenvalue weighted by Gasteiger charge is -2.24. The molecule has 0 bridgehead atoms. The molecule has 1 unspecified atom stereocenters. The van der Waals surface area contributed by atoms with Crippen LogP contribution < -0.4 is 5.32 Å². The summed E-state index contributed by atoms with van der Waals surface area (Å²) in [6.45, 7) is 11.1. The highest BCUT2D eigenvalue weighted by Crippen LogP contribution is 2.13. The number of rotatable bonds is 6. The summed E-state index contributed by atoms with van der Waals surface area (Å²) in [5.41, 5.74) is 0. The summed E-state index contributed by atoms with van der Waals surface area (Å²) >= 11 is 0. The molecule has 0 aliphatic rings. The Morgan fingerprint density at radius 1 is 1.00 bits per heavy atom. The van der Waals surface area contributed by atoms with Gasteiger partial charge in [-0.3, -0.25) is 0 Å². The van der Waals surface area contributed by atoms with Crippen LogP contribution in [0.1, 0.15) is 47.5 Å². The summed E-state index contributed by atoms with van der Waals surface area (Å²) in [5.74, 6) is 4.20. The molecule has 82 valence electrons. The standard InChI is InChI=1S/C13H25N/c1-7-12(6)14-13(8-10(2)3)9-11(4)5/h1,10-14H,8-9H2,2-6H3. The molecule has 1 atom stereocenters. The maximum Gasteiger partial charge on any atom is 0.0660 e. The Morgan fingerprint density at radius 3 is 1.71 bits per heavy atom. The fraction of sp³-hybridized carbons (Fsp3) is 0.846. The van der Waals surface area contributed by atoms with Gasteiger partial charge in [-0.25, -0.2) is 0 Å². The van der Waals surface area contributed by atoms with E-state index in [0.29, 0.717) is 6.04 Å². The van der Waals surface area contributed by atoms with E-state index in [1.54, 1.807) is 0 Å². The lowest BCUT2D eigenvalue weighted by atomic mass is 9.95. The smallest absolute Gasteiger partial charge is 0.0660 e.